The predicted molar refractivity (Wildman–Crippen MR) is 87.9 cm³/mol. The van der Waals surface area contributed by atoms with E-state index in [1.807, 2.05) is 17.4 Å². The number of hydrogen-bond donors (Lipinski definition) is 1. The molecule has 0 spiro atoms. The fourth-order valence-electron chi connectivity index (χ4n) is 1.82. The lowest BCUT2D eigenvalue weighted by Crippen LogP contribution is -2.20. The van der Waals surface area contributed by atoms with Gasteiger partial charge >= 0.3 is 0 Å². The monoisotopic (exact) mass is 372 g/mol. The molecule has 2 N–H and O–H groups in total. The van der Waals surface area contributed by atoms with Gasteiger partial charge in [0.2, 0.25) is 0 Å². The zero-order valence-corrected chi connectivity index (χ0v) is 13.4. The van der Waals surface area contributed by atoms with E-state index in [0.29, 0.717) is 0 Å². The Kier molecular flexibility index (Phi) is 5.03. The van der Waals surface area contributed by atoms with E-state index < -0.39 is 0 Å². The van der Waals surface area contributed by atoms with E-state index in [1.165, 1.54) is 10.4 Å². The second kappa shape index (κ2) is 6.54. The number of thiophene rings is 1. The van der Waals surface area contributed by atoms with Gasteiger partial charge in [-0.3, -0.25) is 0 Å². The normalized spacial score (nSPS) is 11.1. The molecule has 2 nitrogen and oxygen atoms in total. The molecule has 0 atom stereocenters. The van der Waals surface area contributed by atoms with Gasteiger partial charge in [0, 0.05) is 27.2 Å². The molecule has 0 radical (unpaired) electrons. The van der Waals surface area contributed by atoms with Crippen molar-refractivity contribution in [2.45, 2.75) is 13.0 Å². The maximum atomic E-state index is 5.82. The summed E-state index contributed by atoms with van der Waals surface area (Å²) in [4.78, 5) is 3.80. The smallest absolute Gasteiger partial charge is 0.0449 e. The van der Waals surface area contributed by atoms with Gasteiger partial charge in [-0.2, -0.15) is 0 Å². The average Bonchev–Trinajstić information content (AvgIpc) is 2.84. The molecule has 0 aliphatic carbocycles. The van der Waals surface area contributed by atoms with Crippen LogP contribution >= 0.6 is 33.9 Å². The Morgan fingerprint density at radius 3 is 2.83 bits per heavy atom. The van der Waals surface area contributed by atoms with Gasteiger partial charge in [-0.1, -0.05) is 12.1 Å². The van der Waals surface area contributed by atoms with Gasteiger partial charge in [0.15, 0.2) is 0 Å². The van der Waals surface area contributed by atoms with Crippen molar-refractivity contribution in [1.29, 1.82) is 0 Å². The van der Waals surface area contributed by atoms with Gasteiger partial charge in [0.1, 0.15) is 0 Å². The van der Waals surface area contributed by atoms with E-state index in [1.54, 1.807) is 0 Å². The molecule has 0 unspecified atom stereocenters. The number of hydrogen-bond acceptors (Lipinski definition) is 3. The summed E-state index contributed by atoms with van der Waals surface area (Å²) in [6.07, 6.45) is 1.13. The molecule has 96 valence electrons. The van der Waals surface area contributed by atoms with Crippen molar-refractivity contribution in [2.24, 2.45) is 0 Å². The van der Waals surface area contributed by atoms with Crippen LogP contribution in [0.2, 0.25) is 0 Å². The van der Waals surface area contributed by atoms with E-state index in [0.717, 1.165) is 28.8 Å². The first kappa shape index (κ1) is 13.8. The second-order valence-electron chi connectivity index (χ2n) is 4.42. The molecule has 1 aromatic carbocycles. The molecular weight excluding hydrogens is 355 g/mol. The van der Waals surface area contributed by atoms with E-state index in [4.69, 9.17) is 5.73 Å². The lowest BCUT2D eigenvalue weighted by molar-refractivity contribution is 0.332. The van der Waals surface area contributed by atoms with E-state index in [-0.39, 0.29) is 0 Å². The van der Waals surface area contributed by atoms with Crippen LogP contribution in [-0.4, -0.2) is 18.5 Å². The van der Waals surface area contributed by atoms with Crippen molar-refractivity contribution >= 4 is 39.6 Å². The third-order valence-corrected chi connectivity index (χ3v) is 4.71. The van der Waals surface area contributed by atoms with Crippen LogP contribution in [0, 0.1) is 3.57 Å². The first-order valence-corrected chi connectivity index (χ1v) is 7.86. The van der Waals surface area contributed by atoms with Crippen molar-refractivity contribution in [3.8, 4) is 0 Å². The number of rotatable bonds is 5. The summed E-state index contributed by atoms with van der Waals surface area (Å²) in [5.41, 5.74) is 8.01. The van der Waals surface area contributed by atoms with Gasteiger partial charge in [0.05, 0.1) is 0 Å². The molecule has 0 saturated heterocycles. The zero-order valence-electron chi connectivity index (χ0n) is 10.4. The maximum Gasteiger partial charge on any atom is 0.0449 e. The minimum absolute atomic E-state index is 0.862. The number of likely N-dealkylation sites (N-methyl/N-ethyl adjacent to an activating group) is 1. The minimum atomic E-state index is 0.862. The SMILES string of the molecule is CN(CCc1cccs1)Cc1ccc(N)c(I)c1. The summed E-state index contributed by atoms with van der Waals surface area (Å²) in [6, 6.07) is 10.6. The van der Waals surface area contributed by atoms with E-state index in [2.05, 4.69) is 64.2 Å². The number of benzene rings is 1. The quantitative estimate of drug-likeness (QED) is 0.642. The van der Waals surface area contributed by atoms with Gasteiger partial charge in [0.25, 0.3) is 0 Å². The number of anilines is 1. The molecule has 2 aromatic rings. The molecule has 0 saturated carbocycles. The molecule has 0 bridgehead atoms. The van der Waals surface area contributed by atoms with Crippen molar-refractivity contribution in [3.05, 3.63) is 49.7 Å². The van der Waals surface area contributed by atoms with Crippen molar-refractivity contribution < 1.29 is 0 Å². The molecule has 0 aliphatic heterocycles. The Hall–Kier alpha value is -0.590. The minimum Gasteiger partial charge on any atom is -0.398 e. The van der Waals surface area contributed by atoms with Gasteiger partial charge in [-0.15, -0.1) is 11.3 Å². The zero-order chi connectivity index (χ0) is 13.0. The van der Waals surface area contributed by atoms with Crippen LogP contribution in [0.15, 0.2) is 35.7 Å². The van der Waals surface area contributed by atoms with Crippen LogP contribution in [0.3, 0.4) is 0 Å². The Morgan fingerprint density at radius 1 is 1.33 bits per heavy atom. The predicted octanol–water partition coefficient (Wildman–Crippen LogP) is 3.61. The topological polar surface area (TPSA) is 29.3 Å². The summed E-state index contributed by atoms with van der Waals surface area (Å²) in [5.74, 6) is 0. The standard InChI is InChI=1S/C14H17IN2S/c1-17(7-6-12-3-2-8-18-12)10-11-4-5-14(16)13(15)9-11/h2-5,8-9H,6-7,10,16H2,1H3. The van der Waals surface area contributed by atoms with Gasteiger partial charge in [-0.25, -0.2) is 0 Å². The summed E-state index contributed by atoms with van der Waals surface area (Å²) in [7, 11) is 2.16. The molecule has 0 aliphatic rings. The highest BCUT2D eigenvalue weighted by atomic mass is 127. The van der Waals surface area contributed by atoms with Crippen LogP contribution in [0.4, 0.5) is 5.69 Å². The molecule has 0 fully saturated rings. The molecular formula is C14H17IN2S. The average molecular weight is 372 g/mol. The number of halogens is 1. The molecule has 18 heavy (non-hydrogen) atoms. The van der Waals surface area contributed by atoms with Crippen LogP contribution < -0.4 is 5.73 Å². The first-order valence-electron chi connectivity index (χ1n) is 5.90. The molecule has 1 heterocycles. The largest absolute Gasteiger partial charge is 0.398 e. The Labute approximate surface area is 126 Å². The summed E-state index contributed by atoms with van der Waals surface area (Å²) >= 11 is 4.12. The highest BCUT2D eigenvalue weighted by Gasteiger charge is 2.03. The fraction of sp³-hybridized carbons (Fsp3) is 0.286. The van der Waals surface area contributed by atoms with Crippen LogP contribution in [-0.2, 0) is 13.0 Å². The van der Waals surface area contributed by atoms with Crippen molar-refractivity contribution in [1.82, 2.24) is 4.90 Å². The number of nitrogen functional groups attached to an aromatic ring is 1. The molecule has 0 amide bonds. The molecule has 2 rings (SSSR count). The number of nitrogens with zero attached hydrogens (tertiary/aromatic N) is 1. The third-order valence-electron chi connectivity index (χ3n) is 2.84. The van der Waals surface area contributed by atoms with Crippen molar-refractivity contribution in [3.63, 3.8) is 0 Å². The van der Waals surface area contributed by atoms with E-state index in [9.17, 15) is 0 Å². The van der Waals surface area contributed by atoms with Crippen molar-refractivity contribution in [2.75, 3.05) is 19.3 Å². The Balaban J connectivity index is 1.86. The summed E-state index contributed by atoms with van der Waals surface area (Å²) in [6.45, 7) is 2.06. The number of nitrogens with two attached hydrogens (primary N) is 1. The first-order chi connectivity index (χ1) is 8.65. The Morgan fingerprint density at radius 2 is 2.17 bits per heavy atom. The Bertz CT molecular complexity index is 497. The van der Waals surface area contributed by atoms with Crippen LogP contribution in [0.5, 0.6) is 0 Å². The highest BCUT2D eigenvalue weighted by molar-refractivity contribution is 14.1. The molecule has 1 aromatic heterocycles. The lowest BCUT2D eigenvalue weighted by Gasteiger charge is -2.16. The second-order valence-corrected chi connectivity index (χ2v) is 6.62. The molecule has 4 heteroatoms. The maximum absolute atomic E-state index is 5.82. The fourth-order valence-corrected chi connectivity index (χ4v) is 3.09. The lowest BCUT2D eigenvalue weighted by atomic mass is 10.2. The van der Waals surface area contributed by atoms with E-state index >= 15 is 0 Å². The third kappa shape index (κ3) is 3.96. The summed E-state index contributed by atoms with van der Waals surface area (Å²) in [5, 5.41) is 2.14. The van der Waals surface area contributed by atoms with Gasteiger partial charge in [-0.05, 0) is 65.2 Å². The van der Waals surface area contributed by atoms with Crippen LogP contribution in [0.1, 0.15) is 10.4 Å². The summed E-state index contributed by atoms with van der Waals surface area (Å²) < 4.78 is 1.14. The van der Waals surface area contributed by atoms with Gasteiger partial charge < -0.3 is 10.6 Å². The van der Waals surface area contributed by atoms with Crippen LogP contribution in [0.25, 0.3) is 0 Å². The highest BCUT2D eigenvalue weighted by Crippen LogP contribution is 2.17.